The van der Waals surface area contributed by atoms with Gasteiger partial charge in [0.15, 0.2) is 0 Å². The first kappa shape index (κ1) is 48.5. The standard InChI is InChI=1S/C26H25ClFN5O3.C23H21ClFN5O2/c1-2-24(34)33-13-11-32(12-14-33)23-10-5-18(16-29-23)26(36)30-20-8-9-21(27)22(15-20)31-25(35)17-3-6-19(28)7-4-17;24-19-7-6-18(13-20(19)29-22(31)15-1-4-17(25)5-2-15)28-23(32)16-3-8-21(27-14-16)30-11-9-26-10-12-30/h3-10,15-16H,2,11-14H2,1H3,(H,30,36)(H,31,35);1-8,13-14,26H,9-12H2,(H,28,32)(H,29,31). The summed E-state index contributed by atoms with van der Waals surface area (Å²) in [5, 5.41) is 14.8. The fourth-order valence-corrected chi connectivity index (χ4v) is 7.44. The van der Waals surface area contributed by atoms with Gasteiger partial charge in [-0.2, -0.15) is 0 Å². The molecular formula is C49H46Cl2F2N10O5. The van der Waals surface area contributed by atoms with Crippen LogP contribution in [0.2, 0.25) is 10.0 Å². The maximum absolute atomic E-state index is 13.1. The van der Waals surface area contributed by atoms with Gasteiger partial charge in [0, 0.05) is 93.7 Å². The number of benzene rings is 4. The van der Waals surface area contributed by atoms with E-state index < -0.39 is 23.4 Å². The Morgan fingerprint density at radius 3 is 1.32 bits per heavy atom. The number of nitrogens with one attached hydrogen (secondary N) is 5. The summed E-state index contributed by atoms with van der Waals surface area (Å²) in [7, 11) is 0. The number of nitrogens with zero attached hydrogens (tertiary/aromatic N) is 5. The highest BCUT2D eigenvalue weighted by Gasteiger charge is 2.22. The summed E-state index contributed by atoms with van der Waals surface area (Å²) in [6.07, 6.45) is 3.54. The average molecular weight is 964 g/mol. The normalized spacial score (nSPS) is 13.4. The van der Waals surface area contributed by atoms with Crippen LogP contribution in [0.15, 0.2) is 122 Å². The van der Waals surface area contributed by atoms with Crippen LogP contribution in [0.3, 0.4) is 0 Å². The van der Waals surface area contributed by atoms with Crippen LogP contribution < -0.4 is 36.4 Å². The molecule has 2 saturated heterocycles. The predicted octanol–water partition coefficient (Wildman–Crippen LogP) is 8.23. The minimum Gasteiger partial charge on any atom is -0.354 e. The number of amides is 5. The summed E-state index contributed by atoms with van der Waals surface area (Å²) in [5.74, 6) is -0.749. The SMILES string of the molecule is CCC(=O)N1CCN(c2ccc(C(=O)Nc3ccc(Cl)c(NC(=O)c4ccc(F)cc4)c3)cn2)CC1.O=C(Nc1ccc(Cl)c(NC(=O)c2ccc(F)cc2)c1)c1ccc(N2CCNCC2)nc1. The molecule has 19 heteroatoms. The molecule has 0 atom stereocenters. The predicted molar refractivity (Wildman–Crippen MR) is 260 cm³/mol. The molecule has 15 nitrogen and oxygen atoms in total. The van der Waals surface area contributed by atoms with Gasteiger partial charge >= 0.3 is 0 Å². The molecule has 4 heterocycles. The first-order valence-electron chi connectivity index (χ1n) is 21.6. The Balaban J connectivity index is 0.000000203. The molecule has 5 N–H and O–H groups in total. The highest BCUT2D eigenvalue weighted by atomic mass is 35.5. The topological polar surface area (TPSA) is 181 Å². The van der Waals surface area contributed by atoms with Crippen LogP contribution in [-0.2, 0) is 4.79 Å². The zero-order valence-electron chi connectivity index (χ0n) is 36.7. The Bertz CT molecular complexity index is 2750. The second kappa shape index (κ2) is 22.8. The summed E-state index contributed by atoms with van der Waals surface area (Å²) in [4.78, 5) is 77.0. The van der Waals surface area contributed by atoms with Gasteiger partial charge in [0.1, 0.15) is 23.3 Å². The Morgan fingerprint density at radius 2 is 0.926 bits per heavy atom. The number of carbonyl (C=O) groups is 5. The van der Waals surface area contributed by atoms with Crippen LogP contribution in [0.25, 0.3) is 0 Å². The third-order valence-electron chi connectivity index (χ3n) is 10.9. The second-order valence-electron chi connectivity index (χ2n) is 15.5. The Morgan fingerprint density at radius 1 is 0.529 bits per heavy atom. The summed E-state index contributed by atoms with van der Waals surface area (Å²) in [5.41, 5.74) is 2.85. The molecule has 2 fully saturated rings. The fourth-order valence-electron chi connectivity index (χ4n) is 7.11. The minimum atomic E-state index is -0.458. The molecule has 350 valence electrons. The largest absolute Gasteiger partial charge is 0.354 e. The van der Waals surface area contributed by atoms with Gasteiger partial charge < -0.3 is 41.3 Å². The molecule has 0 aliphatic carbocycles. The molecule has 4 aromatic carbocycles. The molecule has 0 unspecified atom stereocenters. The van der Waals surface area contributed by atoms with Crippen LogP contribution >= 0.6 is 23.2 Å². The Hall–Kier alpha value is -7.47. The third kappa shape index (κ3) is 12.9. The maximum Gasteiger partial charge on any atom is 0.257 e. The molecule has 8 rings (SSSR count). The number of pyridine rings is 2. The van der Waals surface area contributed by atoms with Crippen molar-refractivity contribution in [1.82, 2.24) is 20.2 Å². The van der Waals surface area contributed by atoms with Crippen LogP contribution in [0.4, 0.5) is 43.2 Å². The maximum atomic E-state index is 13.1. The van der Waals surface area contributed by atoms with Crippen LogP contribution in [-0.4, -0.2) is 96.8 Å². The number of piperazine rings is 2. The van der Waals surface area contributed by atoms with E-state index in [4.69, 9.17) is 23.2 Å². The number of carbonyl (C=O) groups excluding carboxylic acids is 5. The number of halogens is 4. The number of hydrogen-bond acceptors (Lipinski definition) is 10. The molecule has 6 aromatic rings. The molecular weight excluding hydrogens is 918 g/mol. The van der Waals surface area contributed by atoms with Crippen molar-refractivity contribution in [1.29, 1.82) is 0 Å². The first-order valence-corrected chi connectivity index (χ1v) is 22.3. The van der Waals surface area contributed by atoms with Crippen molar-refractivity contribution in [3.05, 3.63) is 166 Å². The summed E-state index contributed by atoms with van der Waals surface area (Å²) < 4.78 is 26.2. The van der Waals surface area contributed by atoms with E-state index in [1.54, 1.807) is 60.8 Å². The van der Waals surface area contributed by atoms with Gasteiger partial charge in [-0.05, 0) is 109 Å². The van der Waals surface area contributed by atoms with E-state index in [0.29, 0.717) is 71.5 Å². The lowest BCUT2D eigenvalue weighted by Gasteiger charge is -2.35. The molecule has 0 saturated carbocycles. The molecule has 5 amide bonds. The number of hydrogen-bond donors (Lipinski definition) is 5. The number of anilines is 6. The van der Waals surface area contributed by atoms with Crippen molar-refractivity contribution in [2.45, 2.75) is 13.3 Å². The van der Waals surface area contributed by atoms with E-state index in [1.807, 2.05) is 17.9 Å². The van der Waals surface area contributed by atoms with Crippen LogP contribution in [0.1, 0.15) is 54.8 Å². The van der Waals surface area contributed by atoms with Crippen molar-refractivity contribution in [2.24, 2.45) is 0 Å². The van der Waals surface area contributed by atoms with Crippen molar-refractivity contribution in [3.8, 4) is 0 Å². The van der Waals surface area contributed by atoms with Crippen LogP contribution in [0.5, 0.6) is 0 Å². The molecule has 2 aliphatic rings. The van der Waals surface area contributed by atoms with E-state index in [0.717, 1.165) is 37.8 Å². The average Bonchev–Trinajstić information content (AvgIpc) is 3.36. The van der Waals surface area contributed by atoms with Crippen LogP contribution in [0, 0.1) is 11.6 Å². The Kier molecular flexibility index (Phi) is 16.3. The van der Waals surface area contributed by atoms with E-state index in [1.165, 1.54) is 54.7 Å². The molecule has 0 bridgehead atoms. The minimum absolute atomic E-state index is 0.148. The van der Waals surface area contributed by atoms with Gasteiger partial charge in [-0.15, -0.1) is 0 Å². The van der Waals surface area contributed by atoms with Gasteiger partial charge in [-0.3, -0.25) is 24.0 Å². The zero-order valence-corrected chi connectivity index (χ0v) is 38.2. The lowest BCUT2D eigenvalue weighted by atomic mass is 10.2. The number of rotatable bonds is 11. The summed E-state index contributed by atoms with van der Waals surface area (Å²) in [6, 6.07) is 26.8. The van der Waals surface area contributed by atoms with Gasteiger partial charge in [0.2, 0.25) is 5.91 Å². The smallest absolute Gasteiger partial charge is 0.257 e. The molecule has 0 spiro atoms. The fraction of sp³-hybridized carbons (Fsp3) is 0.204. The third-order valence-corrected chi connectivity index (χ3v) is 11.5. The molecule has 0 radical (unpaired) electrons. The van der Waals surface area contributed by atoms with E-state index in [-0.39, 0.29) is 33.9 Å². The quantitative estimate of drug-likeness (QED) is 0.0849. The zero-order chi connectivity index (χ0) is 48.2. The Labute approximate surface area is 400 Å². The lowest BCUT2D eigenvalue weighted by Crippen LogP contribution is -2.48. The van der Waals surface area contributed by atoms with E-state index in [2.05, 4.69) is 46.4 Å². The van der Waals surface area contributed by atoms with Crippen molar-refractivity contribution in [3.63, 3.8) is 0 Å². The van der Waals surface area contributed by atoms with Gasteiger partial charge in [-0.25, -0.2) is 18.7 Å². The molecule has 68 heavy (non-hydrogen) atoms. The van der Waals surface area contributed by atoms with E-state index >= 15 is 0 Å². The van der Waals surface area contributed by atoms with E-state index in [9.17, 15) is 32.8 Å². The summed E-state index contributed by atoms with van der Waals surface area (Å²) >= 11 is 12.4. The molecule has 2 aliphatic heterocycles. The monoisotopic (exact) mass is 962 g/mol. The molecule has 2 aromatic heterocycles. The highest BCUT2D eigenvalue weighted by molar-refractivity contribution is 6.34. The lowest BCUT2D eigenvalue weighted by molar-refractivity contribution is -0.131. The van der Waals surface area contributed by atoms with Crippen molar-refractivity contribution in [2.75, 3.05) is 83.4 Å². The van der Waals surface area contributed by atoms with Crippen molar-refractivity contribution < 1.29 is 32.8 Å². The summed E-state index contributed by atoms with van der Waals surface area (Å²) in [6.45, 7) is 8.06. The van der Waals surface area contributed by atoms with Gasteiger partial charge in [0.25, 0.3) is 23.6 Å². The van der Waals surface area contributed by atoms with Gasteiger partial charge in [0.05, 0.1) is 32.5 Å². The highest BCUT2D eigenvalue weighted by Crippen LogP contribution is 2.28. The van der Waals surface area contributed by atoms with Gasteiger partial charge in [-0.1, -0.05) is 30.1 Å². The second-order valence-corrected chi connectivity index (χ2v) is 16.3. The first-order chi connectivity index (χ1) is 32.8. The van der Waals surface area contributed by atoms with Crippen molar-refractivity contribution >= 4 is 87.1 Å². The number of aromatic nitrogens is 2.